The van der Waals surface area contributed by atoms with E-state index in [0.29, 0.717) is 0 Å². The Kier molecular flexibility index (Phi) is 17.7. The number of hydrogen-bond acceptors (Lipinski definition) is 10. The van der Waals surface area contributed by atoms with Crippen LogP contribution in [0, 0.1) is 12.3 Å². The highest BCUT2D eigenvalue weighted by atomic mass is 127. The zero-order chi connectivity index (χ0) is 25.9. The maximum absolute atomic E-state index is 10.7. The Bertz CT molecular complexity index is 838. The van der Waals surface area contributed by atoms with Gasteiger partial charge in [0.15, 0.2) is 5.69 Å². The number of terminal acetylenes is 1. The minimum Gasteiger partial charge on any atom is -0.464 e. The van der Waals surface area contributed by atoms with Gasteiger partial charge in [-0.1, -0.05) is 33.0 Å². The molecular formula is C18H29IN6O6. The molecule has 13 heteroatoms. The number of halogens is 1. The number of hydrogen-bond donors (Lipinski definition) is 1. The number of carbonyl (C=O) groups is 2. The molecule has 0 unspecified atom stereocenters. The summed E-state index contributed by atoms with van der Waals surface area (Å²) in [5, 5.41) is 22.6. The zero-order valence-corrected chi connectivity index (χ0v) is 20.3. The SMILES string of the molecule is C#CC(=O)OC.C1CCOC1.CI.COC(=O)c1cn(C)nn1.[2H]C([2H])(O)c1cn(C)nn1. The molecule has 31 heavy (non-hydrogen) atoms. The molecule has 0 saturated carbocycles. The maximum atomic E-state index is 10.7. The second kappa shape index (κ2) is 20.7. The first-order valence-corrected chi connectivity index (χ1v) is 10.7. The van der Waals surface area contributed by atoms with E-state index < -0.39 is 18.5 Å². The first-order chi connectivity index (χ1) is 15.5. The van der Waals surface area contributed by atoms with Crippen LogP contribution in [0.5, 0.6) is 0 Å². The summed E-state index contributed by atoms with van der Waals surface area (Å²) >= 11 is 2.15. The van der Waals surface area contributed by atoms with Gasteiger partial charge < -0.3 is 19.3 Å². The quantitative estimate of drug-likeness (QED) is 0.184. The van der Waals surface area contributed by atoms with Crippen LogP contribution in [0.2, 0.25) is 0 Å². The van der Waals surface area contributed by atoms with Crippen molar-refractivity contribution < 1.29 is 31.6 Å². The highest BCUT2D eigenvalue weighted by molar-refractivity contribution is 14.1. The summed E-state index contributed by atoms with van der Waals surface area (Å²) < 4.78 is 29.7. The first-order valence-electron chi connectivity index (χ1n) is 9.59. The van der Waals surface area contributed by atoms with Gasteiger partial charge in [0, 0.05) is 33.2 Å². The van der Waals surface area contributed by atoms with Crippen LogP contribution < -0.4 is 0 Å². The molecule has 0 bridgehead atoms. The summed E-state index contributed by atoms with van der Waals surface area (Å²) in [4.78, 5) is 22.4. The average Bonchev–Trinajstić information content (AvgIpc) is 3.58. The lowest BCUT2D eigenvalue weighted by molar-refractivity contribution is -0.133. The highest BCUT2D eigenvalue weighted by Gasteiger charge is 2.07. The van der Waals surface area contributed by atoms with Crippen molar-refractivity contribution in [3.63, 3.8) is 0 Å². The number of carbonyl (C=O) groups excluding carboxylic acids is 2. The number of aromatic nitrogens is 6. The van der Waals surface area contributed by atoms with Crippen molar-refractivity contribution in [3.8, 4) is 12.3 Å². The van der Waals surface area contributed by atoms with Gasteiger partial charge in [-0.15, -0.1) is 16.6 Å². The number of rotatable bonds is 2. The topological polar surface area (TPSA) is 143 Å². The van der Waals surface area contributed by atoms with Gasteiger partial charge >= 0.3 is 11.9 Å². The van der Waals surface area contributed by atoms with Crippen LogP contribution in [0.25, 0.3) is 0 Å². The third-order valence-corrected chi connectivity index (χ3v) is 2.84. The van der Waals surface area contributed by atoms with Crippen molar-refractivity contribution in [2.75, 3.05) is 32.4 Å². The summed E-state index contributed by atoms with van der Waals surface area (Å²) in [5.74, 6) is 0.659. The molecule has 0 atom stereocenters. The third kappa shape index (κ3) is 16.9. The number of alkyl halides is 1. The lowest BCUT2D eigenvalue weighted by Crippen LogP contribution is -2.00. The van der Waals surface area contributed by atoms with E-state index in [9.17, 15) is 9.59 Å². The van der Waals surface area contributed by atoms with E-state index in [1.807, 2.05) is 4.93 Å². The van der Waals surface area contributed by atoms with Crippen molar-refractivity contribution in [1.82, 2.24) is 30.0 Å². The normalized spacial score (nSPS) is 12.2. The predicted molar refractivity (Wildman–Crippen MR) is 120 cm³/mol. The van der Waals surface area contributed by atoms with Crippen LogP contribution in [0.3, 0.4) is 0 Å². The van der Waals surface area contributed by atoms with E-state index in [0.717, 1.165) is 13.2 Å². The summed E-state index contributed by atoms with van der Waals surface area (Å²) in [7, 11) is 5.82. The fraction of sp³-hybridized carbons (Fsp3) is 0.556. The van der Waals surface area contributed by atoms with Gasteiger partial charge in [-0.2, -0.15) is 0 Å². The molecule has 0 aliphatic carbocycles. The lowest BCUT2D eigenvalue weighted by atomic mass is 10.4. The number of ether oxygens (including phenoxy) is 3. The molecule has 174 valence electrons. The fourth-order valence-corrected chi connectivity index (χ4v) is 1.51. The van der Waals surface area contributed by atoms with Gasteiger partial charge in [0.05, 0.1) is 35.9 Å². The molecule has 1 N–H and O–H groups in total. The Morgan fingerprint density at radius 1 is 1.19 bits per heavy atom. The number of aryl methyl sites for hydroxylation is 2. The van der Waals surface area contributed by atoms with E-state index in [-0.39, 0.29) is 11.4 Å². The van der Waals surface area contributed by atoms with E-state index in [4.69, 9.17) is 12.6 Å². The van der Waals surface area contributed by atoms with Crippen molar-refractivity contribution in [2.24, 2.45) is 14.1 Å². The molecule has 0 spiro atoms. The first kappa shape index (κ1) is 26.5. The Hall–Kier alpha value is -2.57. The smallest absolute Gasteiger partial charge is 0.383 e. The molecule has 1 saturated heterocycles. The van der Waals surface area contributed by atoms with Crippen LogP contribution in [0.4, 0.5) is 0 Å². The second-order valence-electron chi connectivity index (χ2n) is 5.11. The minimum absolute atomic E-state index is 0.0741. The van der Waals surface area contributed by atoms with Gasteiger partial charge in [0.1, 0.15) is 5.69 Å². The average molecular weight is 554 g/mol. The van der Waals surface area contributed by atoms with Gasteiger partial charge in [-0.05, 0) is 17.8 Å². The monoisotopic (exact) mass is 554 g/mol. The number of nitrogens with zero attached hydrogens (tertiary/aromatic N) is 6. The summed E-state index contributed by atoms with van der Waals surface area (Å²) in [6, 6.07) is 0. The second-order valence-corrected chi connectivity index (χ2v) is 5.11. The van der Waals surface area contributed by atoms with Gasteiger partial charge in [-0.25, -0.2) is 9.59 Å². The third-order valence-electron chi connectivity index (χ3n) is 2.84. The number of aliphatic hydroxyl groups is 1. The molecular weight excluding hydrogens is 523 g/mol. The van der Waals surface area contributed by atoms with E-state index in [1.165, 1.54) is 48.8 Å². The Morgan fingerprint density at radius 2 is 1.74 bits per heavy atom. The van der Waals surface area contributed by atoms with Gasteiger partial charge in [0.2, 0.25) is 0 Å². The van der Waals surface area contributed by atoms with Crippen LogP contribution >= 0.6 is 22.6 Å². The Morgan fingerprint density at radius 3 is 1.97 bits per heavy atom. The Labute approximate surface area is 198 Å². The minimum atomic E-state index is -2.38. The van der Waals surface area contributed by atoms with Gasteiger partial charge in [-0.3, -0.25) is 9.36 Å². The van der Waals surface area contributed by atoms with Crippen LogP contribution in [-0.4, -0.2) is 79.4 Å². The standard InChI is InChI=1S/C5H7N3O2.C4H7N3O.C4H4O2.C4H8O.CH3I/c1-8-3-4(6-7-8)5(9)10-2;1-7-2-4(3-8)5-6-7;1-3-4(5)6-2;1-2-4-5-3-1;1-2/h3H,1-2H3;2,8H,3H2,1H3;1H,2H3;1-4H2;1H3/i;3D2;;;. The predicted octanol–water partition coefficient (Wildman–Crippen LogP) is 0.550. The largest absolute Gasteiger partial charge is 0.464 e. The molecule has 3 rings (SSSR count). The molecule has 12 nitrogen and oxygen atoms in total. The van der Waals surface area contributed by atoms with Crippen molar-refractivity contribution in [2.45, 2.75) is 19.4 Å². The van der Waals surface area contributed by atoms with E-state index in [1.54, 1.807) is 20.0 Å². The molecule has 1 aliphatic rings. The molecule has 1 aliphatic heterocycles. The van der Waals surface area contributed by atoms with Crippen LogP contribution in [0.1, 0.15) is 31.8 Å². The molecule has 0 aromatic carbocycles. The summed E-state index contributed by atoms with van der Waals surface area (Å²) in [6.07, 6.45) is 9.92. The molecule has 0 radical (unpaired) electrons. The maximum Gasteiger partial charge on any atom is 0.383 e. The van der Waals surface area contributed by atoms with E-state index >= 15 is 0 Å². The Balaban J connectivity index is 0. The summed E-state index contributed by atoms with van der Waals surface area (Å²) in [6.45, 7) is -0.381. The van der Waals surface area contributed by atoms with Crippen molar-refractivity contribution in [1.29, 1.82) is 0 Å². The molecule has 2 aromatic rings. The lowest BCUT2D eigenvalue weighted by Gasteiger charge is -1.88. The van der Waals surface area contributed by atoms with Crippen molar-refractivity contribution in [3.05, 3.63) is 23.8 Å². The van der Waals surface area contributed by atoms with Crippen LogP contribution in [-0.2, 0) is 39.7 Å². The fourth-order valence-electron chi connectivity index (χ4n) is 1.51. The number of methoxy groups -OCH3 is 2. The van der Waals surface area contributed by atoms with Gasteiger partial charge in [0.25, 0.3) is 0 Å². The van der Waals surface area contributed by atoms with E-state index in [2.05, 4.69) is 59.1 Å². The summed E-state index contributed by atoms with van der Waals surface area (Å²) in [5.41, 5.74) is 0.153. The zero-order valence-electron chi connectivity index (χ0n) is 20.1. The highest BCUT2D eigenvalue weighted by Crippen LogP contribution is 1.98. The molecule has 3 heterocycles. The molecule has 1 fully saturated rings. The molecule has 2 aromatic heterocycles. The number of esters is 2. The molecule has 0 amide bonds. The van der Waals surface area contributed by atoms with Crippen molar-refractivity contribution >= 4 is 34.5 Å². The van der Waals surface area contributed by atoms with Crippen LogP contribution in [0.15, 0.2) is 12.4 Å².